The summed E-state index contributed by atoms with van der Waals surface area (Å²) >= 11 is 1.22. The van der Waals surface area contributed by atoms with Crippen LogP contribution in [0.1, 0.15) is 28.4 Å². The van der Waals surface area contributed by atoms with E-state index in [-0.39, 0.29) is 18.1 Å². The van der Waals surface area contributed by atoms with Gasteiger partial charge in [-0.05, 0) is 64.7 Å². The van der Waals surface area contributed by atoms with Gasteiger partial charge in [0.15, 0.2) is 6.61 Å². The number of β-lactam (4-membered cyclic amide) rings is 1. The Labute approximate surface area is 278 Å². The van der Waals surface area contributed by atoms with Crippen LogP contribution in [0.4, 0.5) is 8.78 Å². The molecular formula is C36H31F2N3O6S. The molecule has 5 N–H and O–H groups in total. The first-order valence-electron chi connectivity index (χ1n) is 15.1. The summed E-state index contributed by atoms with van der Waals surface area (Å²) in [5, 5.41) is 26.2. The second kappa shape index (κ2) is 13.9. The molecule has 2 amide bonds. The number of rotatable bonds is 13. The summed E-state index contributed by atoms with van der Waals surface area (Å²) in [4.78, 5) is 40.7. The van der Waals surface area contributed by atoms with Gasteiger partial charge in [-0.15, -0.1) is 11.8 Å². The highest BCUT2D eigenvalue weighted by molar-refractivity contribution is 8.00. The molecule has 1 fully saturated rings. The molecule has 1 aliphatic rings. The number of ether oxygens (including phenoxy) is 1. The SMILES string of the molecule is O=C(COc1ccc([C@]2(c3ccc(F)cc3)NC(=O)[C@@H]2SCC(O)c2ccc(F)cc2)cc1)N[C@@H](Cc1c[nH]c2ccccc12)C(=O)O. The quantitative estimate of drug-likeness (QED) is 0.113. The van der Waals surface area contributed by atoms with E-state index in [0.29, 0.717) is 22.4 Å². The summed E-state index contributed by atoms with van der Waals surface area (Å²) in [5.41, 5.74) is 2.35. The molecule has 1 aromatic heterocycles. The lowest BCUT2D eigenvalue weighted by atomic mass is 9.74. The summed E-state index contributed by atoms with van der Waals surface area (Å²) in [7, 11) is 0. The van der Waals surface area contributed by atoms with E-state index in [1.807, 2.05) is 24.3 Å². The number of benzene rings is 4. The Bertz CT molecular complexity index is 1930. The first-order valence-corrected chi connectivity index (χ1v) is 16.1. The summed E-state index contributed by atoms with van der Waals surface area (Å²) in [6.45, 7) is -0.434. The van der Waals surface area contributed by atoms with Gasteiger partial charge >= 0.3 is 5.97 Å². The molecule has 6 rings (SSSR count). The number of aliphatic hydroxyl groups is 1. The maximum atomic E-state index is 13.9. The highest BCUT2D eigenvalue weighted by Gasteiger charge is 2.56. The number of aromatic nitrogens is 1. The number of aromatic amines is 1. The molecule has 0 saturated carbocycles. The average Bonchev–Trinajstić information content (AvgIpc) is 3.49. The number of H-pyrrole nitrogens is 1. The number of aliphatic hydroxyl groups excluding tert-OH is 1. The fourth-order valence-corrected chi connectivity index (χ4v) is 7.22. The number of carboxylic acid groups (broad SMARTS) is 1. The van der Waals surface area contributed by atoms with E-state index >= 15 is 0 Å². The van der Waals surface area contributed by atoms with Gasteiger partial charge in [0.2, 0.25) is 5.91 Å². The number of halogens is 2. The van der Waals surface area contributed by atoms with Crippen LogP contribution in [-0.2, 0) is 26.3 Å². The standard InChI is InChI=1S/C36H31F2N3O6S/c37-25-11-5-21(6-12-25)31(42)20-48-33-34(44)41-36(33,23-7-13-26(38)14-8-23)24-9-15-27(16-10-24)47-19-32(43)40-30(35(45)46)17-22-18-39-29-4-2-1-3-28(22)29/h1-16,18,30-31,33,39,42H,17,19-20H2,(H,40,43)(H,41,44)(H,45,46)/t30-,31?,33-,36-/m0/s1. The third-order valence-corrected chi connectivity index (χ3v) is 9.75. The predicted octanol–water partition coefficient (Wildman–Crippen LogP) is 4.85. The van der Waals surface area contributed by atoms with Crippen LogP contribution in [0.3, 0.4) is 0 Å². The Hall–Kier alpha value is -5.20. The van der Waals surface area contributed by atoms with E-state index in [2.05, 4.69) is 15.6 Å². The predicted molar refractivity (Wildman–Crippen MR) is 176 cm³/mol. The van der Waals surface area contributed by atoms with Crippen LogP contribution in [0.5, 0.6) is 5.75 Å². The lowest BCUT2D eigenvalue weighted by Gasteiger charge is -2.50. The van der Waals surface area contributed by atoms with Crippen molar-refractivity contribution < 1.29 is 38.1 Å². The molecule has 9 nitrogen and oxygen atoms in total. The smallest absolute Gasteiger partial charge is 0.326 e. The van der Waals surface area contributed by atoms with E-state index in [0.717, 1.165) is 16.5 Å². The molecule has 0 radical (unpaired) electrons. The number of fused-ring (bicyclic) bond motifs is 1. The van der Waals surface area contributed by atoms with Crippen LogP contribution >= 0.6 is 11.8 Å². The van der Waals surface area contributed by atoms with Gasteiger partial charge < -0.3 is 30.6 Å². The minimum Gasteiger partial charge on any atom is -0.484 e. The third kappa shape index (κ3) is 6.76. The maximum Gasteiger partial charge on any atom is 0.326 e. The fraction of sp³-hybridized carbons (Fsp3) is 0.194. The van der Waals surface area contributed by atoms with Gasteiger partial charge in [-0.25, -0.2) is 13.6 Å². The van der Waals surface area contributed by atoms with Crippen LogP contribution in [0.2, 0.25) is 0 Å². The Morgan fingerprint density at radius 3 is 2.19 bits per heavy atom. The Balaban J connectivity index is 1.14. The number of para-hydroxylation sites is 1. The molecule has 0 bridgehead atoms. The van der Waals surface area contributed by atoms with Gasteiger partial charge in [0.05, 0.1) is 6.10 Å². The lowest BCUT2D eigenvalue weighted by molar-refractivity contribution is -0.142. The number of carbonyl (C=O) groups is 3. The largest absolute Gasteiger partial charge is 0.484 e. The van der Waals surface area contributed by atoms with Gasteiger partial charge in [0, 0.05) is 29.3 Å². The van der Waals surface area contributed by atoms with Crippen molar-refractivity contribution in [3.05, 3.63) is 137 Å². The molecule has 5 aromatic rings. The fourth-order valence-electron chi connectivity index (χ4n) is 5.86. The number of thioether (sulfide) groups is 1. The number of carboxylic acids is 1. The molecule has 2 heterocycles. The molecule has 4 atom stereocenters. The number of hydrogen-bond acceptors (Lipinski definition) is 6. The Kier molecular flexibility index (Phi) is 9.47. The normalized spacial score (nSPS) is 18.4. The average molecular weight is 672 g/mol. The minimum atomic E-state index is -1.18. The van der Waals surface area contributed by atoms with Crippen LogP contribution in [0.25, 0.3) is 10.9 Å². The molecule has 12 heteroatoms. The highest BCUT2D eigenvalue weighted by atomic mass is 32.2. The molecule has 0 aliphatic carbocycles. The molecule has 0 spiro atoms. The van der Waals surface area contributed by atoms with E-state index < -0.39 is 53.1 Å². The number of amides is 2. The topological polar surface area (TPSA) is 141 Å². The van der Waals surface area contributed by atoms with Crippen molar-refractivity contribution in [1.82, 2.24) is 15.6 Å². The van der Waals surface area contributed by atoms with Crippen molar-refractivity contribution in [3.8, 4) is 5.75 Å². The number of nitrogens with one attached hydrogen (secondary N) is 3. The highest BCUT2D eigenvalue weighted by Crippen LogP contribution is 2.46. The molecule has 246 valence electrons. The zero-order valence-corrected chi connectivity index (χ0v) is 26.2. The van der Waals surface area contributed by atoms with Crippen molar-refractivity contribution in [2.75, 3.05) is 12.4 Å². The molecule has 1 unspecified atom stereocenters. The van der Waals surface area contributed by atoms with Crippen molar-refractivity contribution in [2.24, 2.45) is 0 Å². The van der Waals surface area contributed by atoms with E-state index in [4.69, 9.17) is 4.74 Å². The zero-order chi connectivity index (χ0) is 33.8. The lowest BCUT2D eigenvalue weighted by Crippen LogP contribution is -2.69. The number of aliphatic carboxylic acids is 1. The molecule has 48 heavy (non-hydrogen) atoms. The summed E-state index contributed by atoms with van der Waals surface area (Å²) < 4.78 is 32.9. The second-order valence-electron chi connectivity index (χ2n) is 11.4. The summed E-state index contributed by atoms with van der Waals surface area (Å²) in [5.74, 6) is -2.46. The zero-order valence-electron chi connectivity index (χ0n) is 25.4. The van der Waals surface area contributed by atoms with Gasteiger partial charge in [-0.3, -0.25) is 9.59 Å². The van der Waals surface area contributed by atoms with Crippen molar-refractivity contribution in [3.63, 3.8) is 0 Å². The van der Waals surface area contributed by atoms with E-state index in [1.54, 1.807) is 42.6 Å². The number of carbonyl (C=O) groups excluding carboxylic acids is 2. The third-order valence-electron chi connectivity index (χ3n) is 8.34. The Morgan fingerprint density at radius 2 is 1.54 bits per heavy atom. The van der Waals surface area contributed by atoms with Crippen LogP contribution in [0, 0.1) is 11.6 Å². The van der Waals surface area contributed by atoms with Gasteiger partial charge in [-0.1, -0.05) is 54.6 Å². The van der Waals surface area contributed by atoms with Gasteiger partial charge in [0.1, 0.15) is 34.2 Å². The molecular weight excluding hydrogens is 640 g/mol. The van der Waals surface area contributed by atoms with Crippen molar-refractivity contribution in [1.29, 1.82) is 0 Å². The van der Waals surface area contributed by atoms with Crippen molar-refractivity contribution >= 4 is 40.4 Å². The molecule has 4 aromatic carbocycles. The summed E-state index contributed by atoms with van der Waals surface area (Å²) in [6.07, 6.45) is 0.849. The summed E-state index contributed by atoms with van der Waals surface area (Å²) in [6, 6.07) is 24.2. The second-order valence-corrected chi connectivity index (χ2v) is 12.6. The van der Waals surface area contributed by atoms with E-state index in [1.165, 1.54) is 48.2 Å². The minimum absolute atomic E-state index is 0.0804. The maximum absolute atomic E-state index is 13.9. The molecule has 1 saturated heterocycles. The van der Waals surface area contributed by atoms with Gasteiger partial charge in [0.25, 0.3) is 5.91 Å². The molecule has 1 aliphatic heterocycles. The van der Waals surface area contributed by atoms with Crippen LogP contribution < -0.4 is 15.4 Å². The van der Waals surface area contributed by atoms with Crippen LogP contribution in [0.15, 0.2) is 103 Å². The van der Waals surface area contributed by atoms with E-state index in [9.17, 15) is 33.4 Å². The number of hydrogen-bond donors (Lipinski definition) is 5. The Morgan fingerprint density at radius 1 is 0.917 bits per heavy atom. The first kappa shape index (κ1) is 32.7. The monoisotopic (exact) mass is 671 g/mol. The van der Waals surface area contributed by atoms with Gasteiger partial charge in [-0.2, -0.15) is 0 Å². The first-order chi connectivity index (χ1) is 23.1. The van der Waals surface area contributed by atoms with Crippen molar-refractivity contribution in [2.45, 2.75) is 29.4 Å². The van der Waals surface area contributed by atoms with Crippen LogP contribution in [-0.4, -0.2) is 56.6 Å².